The van der Waals surface area contributed by atoms with Gasteiger partial charge in [-0.3, -0.25) is 9.05 Å². The molecule has 0 N–H and O–H groups in total. The molecule has 0 amide bonds. The van der Waals surface area contributed by atoms with Gasteiger partial charge >= 0.3 is 7.75 Å². The van der Waals surface area contributed by atoms with Crippen LogP contribution in [0.5, 0.6) is 0 Å². The maximum Gasteiger partial charge on any atom is 0.409 e. The predicted molar refractivity (Wildman–Crippen MR) is 74.7 cm³/mol. The largest absolute Gasteiger partial charge is 0.409 e. The van der Waals surface area contributed by atoms with Crippen molar-refractivity contribution >= 4 is 7.75 Å². The van der Waals surface area contributed by atoms with Crippen LogP contribution in [0.1, 0.15) is 60.8 Å². The fourth-order valence-corrected chi connectivity index (χ4v) is 4.37. The molecule has 0 radical (unpaired) electrons. The van der Waals surface area contributed by atoms with E-state index in [9.17, 15) is 4.57 Å². The molecule has 1 rings (SSSR count). The second-order valence-electron chi connectivity index (χ2n) is 6.89. The lowest BCUT2D eigenvalue weighted by Gasteiger charge is -2.39. The van der Waals surface area contributed by atoms with Crippen molar-refractivity contribution < 1.29 is 13.6 Å². The van der Waals surface area contributed by atoms with Gasteiger partial charge in [-0.2, -0.15) is 0 Å². The topological polar surface area (TPSA) is 38.8 Å². The second-order valence-corrected chi connectivity index (χ2v) is 8.76. The molecule has 0 aromatic rings. The Hall–Kier alpha value is 0.110. The van der Waals surface area contributed by atoms with E-state index in [0.29, 0.717) is 0 Å². The minimum Gasteiger partial charge on any atom is -0.291 e. The number of hydrogen-bond donors (Lipinski definition) is 0. The first-order valence-corrected chi connectivity index (χ1v) is 8.28. The number of rotatable bonds is 3. The van der Waals surface area contributed by atoms with Crippen molar-refractivity contribution in [1.29, 1.82) is 0 Å². The van der Waals surface area contributed by atoms with E-state index in [1.807, 2.05) is 46.2 Å². The van der Waals surface area contributed by atoms with Gasteiger partial charge in [-0.15, -0.1) is 0 Å². The van der Waals surface area contributed by atoms with E-state index in [1.54, 1.807) is 0 Å². The highest BCUT2D eigenvalue weighted by atomic mass is 31.2. The van der Waals surface area contributed by atoms with Gasteiger partial charge in [0.1, 0.15) is 0 Å². The Kier molecular flexibility index (Phi) is 5.05. The first-order chi connectivity index (χ1) is 8.02. The van der Waals surface area contributed by atoms with Crippen molar-refractivity contribution in [3.63, 3.8) is 0 Å². The minimum atomic E-state index is -3.20. The molecule has 0 aromatic carbocycles. The van der Waals surface area contributed by atoms with E-state index < -0.39 is 18.9 Å². The van der Waals surface area contributed by atoms with E-state index >= 15 is 0 Å². The summed E-state index contributed by atoms with van der Waals surface area (Å²) in [6.07, 6.45) is 3.32. The third-order valence-electron chi connectivity index (χ3n) is 2.46. The molecule has 1 heterocycles. The Morgan fingerprint density at radius 1 is 0.833 bits per heavy atom. The third kappa shape index (κ3) is 5.40. The summed E-state index contributed by atoms with van der Waals surface area (Å²) in [6, 6.07) is 0. The van der Waals surface area contributed by atoms with Crippen LogP contribution in [-0.4, -0.2) is 29.0 Å². The lowest BCUT2D eigenvalue weighted by Crippen LogP contribution is -2.35. The van der Waals surface area contributed by atoms with Crippen molar-refractivity contribution in [2.24, 2.45) is 0 Å². The Balaban J connectivity index is 2.89. The first kappa shape index (κ1) is 16.2. The molecule has 1 aliphatic rings. The fraction of sp³-hybridized carbons (Fsp3) is 1.00. The highest BCUT2D eigenvalue weighted by Gasteiger charge is 2.41. The van der Waals surface area contributed by atoms with Crippen LogP contribution in [0.15, 0.2) is 0 Å². The van der Waals surface area contributed by atoms with Crippen LogP contribution >= 0.6 is 7.75 Å². The summed E-state index contributed by atoms with van der Waals surface area (Å²) in [4.78, 5) is 0. The van der Waals surface area contributed by atoms with Gasteiger partial charge in [0.25, 0.3) is 0 Å². The Morgan fingerprint density at radius 3 is 1.56 bits per heavy atom. The molecule has 18 heavy (non-hydrogen) atoms. The first-order valence-electron chi connectivity index (χ1n) is 6.79. The standard InChI is InChI=1S/C13H28NO3P/c1-12(2,3)16-18(15,17-13(4,5)6)14-10-8-7-9-11-14/h7-11H2,1-6H3. The average Bonchev–Trinajstić information content (AvgIpc) is 2.13. The molecule has 0 unspecified atom stereocenters. The van der Waals surface area contributed by atoms with E-state index in [2.05, 4.69) is 0 Å². The van der Waals surface area contributed by atoms with Gasteiger partial charge in [-0.1, -0.05) is 6.42 Å². The monoisotopic (exact) mass is 277 g/mol. The van der Waals surface area contributed by atoms with Crippen molar-refractivity contribution in [3.8, 4) is 0 Å². The van der Waals surface area contributed by atoms with E-state index in [-0.39, 0.29) is 0 Å². The summed E-state index contributed by atoms with van der Waals surface area (Å²) in [5, 5.41) is 0. The summed E-state index contributed by atoms with van der Waals surface area (Å²) >= 11 is 0. The Morgan fingerprint density at radius 2 is 1.22 bits per heavy atom. The molecule has 5 heteroatoms. The summed E-state index contributed by atoms with van der Waals surface area (Å²) in [5.74, 6) is 0. The van der Waals surface area contributed by atoms with Crippen LogP contribution in [0, 0.1) is 0 Å². The smallest absolute Gasteiger partial charge is 0.291 e. The van der Waals surface area contributed by atoms with Gasteiger partial charge in [-0.05, 0) is 54.4 Å². The van der Waals surface area contributed by atoms with Crippen LogP contribution in [0.25, 0.3) is 0 Å². The number of nitrogens with zero attached hydrogens (tertiary/aromatic N) is 1. The van der Waals surface area contributed by atoms with Crippen LogP contribution in [0.4, 0.5) is 0 Å². The zero-order valence-electron chi connectivity index (χ0n) is 12.7. The molecule has 0 spiro atoms. The zero-order valence-corrected chi connectivity index (χ0v) is 13.5. The normalized spacial score (nSPS) is 20.1. The quantitative estimate of drug-likeness (QED) is 0.724. The molecule has 1 aliphatic heterocycles. The predicted octanol–water partition coefficient (Wildman–Crippen LogP) is 4.21. The molecular weight excluding hydrogens is 249 g/mol. The van der Waals surface area contributed by atoms with E-state index in [4.69, 9.17) is 9.05 Å². The highest BCUT2D eigenvalue weighted by Crippen LogP contribution is 2.58. The SMILES string of the molecule is CC(C)(C)OP(=O)(OC(C)(C)C)N1CCCCC1. The molecule has 0 saturated carbocycles. The third-order valence-corrected chi connectivity index (χ3v) is 5.11. The molecule has 4 nitrogen and oxygen atoms in total. The maximum absolute atomic E-state index is 13.1. The zero-order chi connectivity index (χ0) is 14.0. The van der Waals surface area contributed by atoms with Crippen LogP contribution < -0.4 is 0 Å². The summed E-state index contributed by atoms with van der Waals surface area (Å²) in [6.45, 7) is 13.1. The van der Waals surface area contributed by atoms with Crippen LogP contribution in [0.3, 0.4) is 0 Å². The van der Waals surface area contributed by atoms with Gasteiger partial charge in [0.15, 0.2) is 0 Å². The molecule has 108 valence electrons. The fourth-order valence-electron chi connectivity index (χ4n) is 1.95. The summed E-state index contributed by atoms with van der Waals surface area (Å²) < 4.78 is 26.6. The van der Waals surface area contributed by atoms with Crippen LogP contribution in [-0.2, 0) is 13.6 Å². The van der Waals surface area contributed by atoms with E-state index in [0.717, 1.165) is 25.9 Å². The maximum atomic E-state index is 13.1. The Labute approximate surface area is 112 Å². The van der Waals surface area contributed by atoms with Crippen molar-refractivity contribution in [1.82, 2.24) is 4.67 Å². The molecule has 0 atom stereocenters. The van der Waals surface area contributed by atoms with Gasteiger partial charge in [0, 0.05) is 13.1 Å². The van der Waals surface area contributed by atoms with Crippen molar-refractivity contribution in [2.45, 2.75) is 72.0 Å². The summed E-state index contributed by atoms with van der Waals surface area (Å²) in [5.41, 5.74) is -0.948. The molecule has 1 saturated heterocycles. The van der Waals surface area contributed by atoms with E-state index in [1.165, 1.54) is 6.42 Å². The molecule has 0 aromatic heterocycles. The highest BCUT2D eigenvalue weighted by molar-refractivity contribution is 7.51. The van der Waals surface area contributed by atoms with Gasteiger partial charge in [0.2, 0.25) is 0 Å². The minimum absolute atomic E-state index is 0.474. The van der Waals surface area contributed by atoms with Crippen LogP contribution in [0.2, 0.25) is 0 Å². The Bertz CT molecular complexity index is 291. The van der Waals surface area contributed by atoms with Crippen molar-refractivity contribution in [2.75, 3.05) is 13.1 Å². The lowest BCUT2D eigenvalue weighted by molar-refractivity contribution is 0.0229. The summed E-state index contributed by atoms with van der Waals surface area (Å²) in [7, 11) is -3.20. The van der Waals surface area contributed by atoms with Gasteiger partial charge in [-0.25, -0.2) is 9.24 Å². The number of hydrogen-bond acceptors (Lipinski definition) is 3. The number of piperidine rings is 1. The molecule has 0 aliphatic carbocycles. The average molecular weight is 277 g/mol. The molecular formula is C13H28NO3P. The molecule has 1 fully saturated rings. The molecule has 0 bridgehead atoms. The van der Waals surface area contributed by atoms with Gasteiger partial charge in [0.05, 0.1) is 11.2 Å². The van der Waals surface area contributed by atoms with Crippen molar-refractivity contribution in [3.05, 3.63) is 0 Å². The lowest BCUT2D eigenvalue weighted by atomic mass is 10.2. The van der Waals surface area contributed by atoms with Gasteiger partial charge < -0.3 is 0 Å². The second kappa shape index (κ2) is 5.62.